The first-order valence-electron chi connectivity index (χ1n) is 6.18. The minimum absolute atomic E-state index is 0.121. The van der Waals surface area contributed by atoms with Gasteiger partial charge in [-0.3, -0.25) is 0 Å². The Morgan fingerprint density at radius 3 is 2.33 bits per heavy atom. The number of rotatable bonds is 3. The summed E-state index contributed by atoms with van der Waals surface area (Å²) >= 11 is 0. The molecular formula is C11H27NOSi2. The van der Waals surface area contributed by atoms with E-state index in [1.807, 2.05) is 0 Å². The van der Waals surface area contributed by atoms with Crippen LogP contribution in [0.4, 0.5) is 0 Å². The molecule has 1 rings (SSSR count). The average Bonchev–Trinajstić information content (AvgIpc) is 2.08. The molecule has 2 nitrogen and oxygen atoms in total. The van der Waals surface area contributed by atoms with Crippen LogP contribution in [0.5, 0.6) is 0 Å². The zero-order valence-corrected chi connectivity index (χ0v) is 13.2. The molecule has 0 aromatic heterocycles. The van der Waals surface area contributed by atoms with E-state index in [9.17, 15) is 0 Å². The van der Waals surface area contributed by atoms with Crippen LogP contribution in [0.2, 0.25) is 25.7 Å². The molecule has 0 saturated carbocycles. The number of hydrogen-bond acceptors (Lipinski definition) is 2. The largest absolute Gasteiger partial charge is 0.414 e. The van der Waals surface area contributed by atoms with Crippen molar-refractivity contribution in [3.8, 4) is 0 Å². The highest BCUT2D eigenvalue weighted by atomic mass is 29.3. The maximum absolute atomic E-state index is 6.41. The Morgan fingerprint density at radius 1 is 1.27 bits per heavy atom. The monoisotopic (exact) mass is 245 g/mol. The molecule has 1 fully saturated rings. The molecule has 15 heavy (non-hydrogen) atoms. The first-order valence-corrected chi connectivity index (χ1v) is 12.8. The fraction of sp³-hybridized carbons (Fsp3) is 1.00. The fourth-order valence-corrected chi connectivity index (χ4v) is 12.6. The zero-order valence-electron chi connectivity index (χ0n) is 11.2. The Hall–Kier alpha value is 0.354. The van der Waals surface area contributed by atoms with Crippen LogP contribution < -0.4 is 4.98 Å². The third kappa shape index (κ3) is 2.93. The molecule has 1 N–H and O–H groups in total. The van der Waals surface area contributed by atoms with Gasteiger partial charge in [0.2, 0.25) is 0 Å². The molecule has 1 heterocycles. The predicted molar refractivity (Wildman–Crippen MR) is 72.0 cm³/mol. The van der Waals surface area contributed by atoms with Crippen molar-refractivity contribution in [1.82, 2.24) is 4.98 Å². The van der Waals surface area contributed by atoms with Crippen LogP contribution >= 0.6 is 0 Å². The first kappa shape index (κ1) is 13.4. The second-order valence-corrected chi connectivity index (χ2v) is 19.8. The van der Waals surface area contributed by atoms with Gasteiger partial charge in [0.05, 0.1) is 5.60 Å². The second-order valence-electron chi connectivity index (χ2n) is 6.13. The lowest BCUT2D eigenvalue weighted by Gasteiger charge is -2.51. The maximum atomic E-state index is 6.41. The molecule has 0 aliphatic carbocycles. The molecule has 1 saturated heterocycles. The Bertz CT molecular complexity index is 231. The summed E-state index contributed by atoms with van der Waals surface area (Å²) in [7, 11) is -2.80. The molecule has 0 radical (unpaired) electrons. The molecule has 0 spiro atoms. The highest BCUT2D eigenvalue weighted by Crippen LogP contribution is 2.37. The molecule has 1 aliphatic heterocycles. The standard InChI is InChI=1S/C11H27NOSi2/c1-7-9-12-15(6)10-8-11(2,3)13-14(15,4)5/h12H,7-10H2,1-6H3. The molecule has 0 aromatic rings. The lowest BCUT2D eigenvalue weighted by molar-refractivity contribution is 0.0925. The first-order chi connectivity index (χ1) is 6.72. The lowest BCUT2D eigenvalue weighted by atomic mass is 10.1. The smallest absolute Gasteiger partial charge is 0.191 e. The van der Waals surface area contributed by atoms with Gasteiger partial charge < -0.3 is 9.41 Å². The highest BCUT2D eigenvalue weighted by molar-refractivity contribution is 7.37. The third-order valence-corrected chi connectivity index (χ3v) is 19.4. The van der Waals surface area contributed by atoms with E-state index in [0.29, 0.717) is 0 Å². The van der Waals surface area contributed by atoms with Crippen LogP contribution in [0, 0.1) is 0 Å². The van der Waals surface area contributed by atoms with Crippen molar-refractivity contribution < 1.29 is 4.43 Å². The van der Waals surface area contributed by atoms with Gasteiger partial charge in [0, 0.05) is 0 Å². The van der Waals surface area contributed by atoms with Gasteiger partial charge in [0.15, 0.2) is 7.83 Å². The normalized spacial score (nSPS) is 34.0. The van der Waals surface area contributed by atoms with Gasteiger partial charge in [0.1, 0.15) is 7.75 Å². The van der Waals surface area contributed by atoms with Gasteiger partial charge in [-0.25, -0.2) is 0 Å². The van der Waals surface area contributed by atoms with Crippen LogP contribution in [0.3, 0.4) is 0 Å². The van der Waals surface area contributed by atoms with E-state index in [1.54, 1.807) is 0 Å². The fourth-order valence-electron chi connectivity index (χ4n) is 2.41. The van der Waals surface area contributed by atoms with Gasteiger partial charge in [-0.15, -0.1) is 0 Å². The quantitative estimate of drug-likeness (QED) is 0.772. The van der Waals surface area contributed by atoms with Crippen molar-refractivity contribution in [2.24, 2.45) is 0 Å². The Labute approximate surface area is 96.8 Å². The van der Waals surface area contributed by atoms with Crippen molar-refractivity contribution in [3.63, 3.8) is 0 Å². The summed E-state index contributed by atoms with van der Waals surface area (Å²) in [5.41, 5.74) is 0.121. The van der Waals surface area contributed by atoms with Crippen LogP contribution in [0.15, 0.2) is 0 Å². The minimum Gasteiger partial charge on any atom is -0.414 e. The maximum Gasteiger partial charge on any atom is 0.191 e. The van der Waals surface area contributed by atoms with Gasteiger partial charge >= 0.3 is 0 Å². The summed E-state index contributed by atoms with van der Waals surface area (Å²) in [6, 6.07) is 1.39. The van der Waals surface area contributed by atoms with Gasteiger partial charge in [0.25, 0.3) is 0 Å². The van der Waals surface area contributed by atoms with Crippen molar-refractivity contribution in [2.75, 3.05) is 6.54 Å². The number of hydrogen-bond donors (Lipinski definition) is 1. The summed E-state index contributed by atoms with van der Waals surface area (Å²) < 4.78 is 6.41. The molecule has 0 bridgehead atoms. The summed E-state index contributed by atoms with van der Waals surface area (Å²) in [5, 5.41) is 0. The summed E-state index contributed by atoms with van der Waals surface area (Å²) in [6.45, 7) is 15.2. The van der Waals surface area contributed by atoms with Crippen molar-refractivity contribution in [2.45, 2.75) is 64.9 Å². The molecule has 1 aliphatic rings. The Kier molecular flexibility index (Phi) is 3.86. The van der Waals surface area contributed by atoms with E-state index in [-0.39, 0.29) is 5.60 Å². The molecule has 90 valence electrons. The number of nitrogens with one attached hydrogen (secondary N) is 1. The van der Waals surface area contributed by atoms with Crippen LogP contribution in [0.25, 0.3) is 0 Å². The van der Waals surface area contributed by atoms with E-state index < -0.39 is 15.6 Å². The Morgan fingerprint density at radius 2 is 1.87 bits per heavy atom. The van der Waals surface area contributed by atoms with Gasteiger partial charge in [-0.2, -0.15) is 0 Å². The van der Waals surface area contributed by atoms with Crippen LogP contribution in [-0.2, 0) is 4.43 Å². The third-order valence-electron chi connectivity index (χ3n) is 3.85. The van der Waals surface area contributed by atoms with Crippen molar-refractivity contribution in [1.29, 1.82) is 0 Å². The van der Waals surface area contributed by atoms with Gasteiger partial charge in [-0.1, -0.05) is 13.5 Å². The van der Waals surface area contributed by atoms with E-state index in [2.05, 4.69) is 45.4 Å². The zero-order chi connectivity index (χ0) is 11.7. The van der Waals surface area contributed by atoms with Gasteiger partial charge in [-0.05, 0) is 52.4 Å². The van der Waals surface area contributed by atoms with E-state index in [1.165, 1.54) is 25.4 Å². The van der Waals surface area contributed by atoms with Crippen molar-refractivity contribution in [3.05, 3.63) is 0 Å². The average molecular weight is 246 g/mol. The molecular weight excluding hydrogens is 218 g/mol. The molecule has 0 aromatic carbocycles. The second kappa shape index (κ2) is 4.32. The van der Waals surface area contributed by atoms with E-state index >= 15 is 0 Å². The molecule has 0 amide bonds. The lowest BCUT2D eigenvalue weighted by Crippen LogP contribution is -2.72. The molecule has 4 heteroatoms. The minimum atomic E-state index is -1.49. The SMILES string of the molecule is CCCN[Si]1(C)CCC(C)(C)O[Si]1(C)C. The van der Waals surface area contributed by atoms with Crippen LogP contribution in [0.1, 0.15) is 33.6 Å². The molecule has 1 unspecified atom stereocenters. The topological polar surface area (TPSA) is 21.3 Å². The highest BCUT2D eigenvalue weighted by Gasteiger charge is 2.53. The molecule has 1 atom stereocenters. The van der Waals surface area contributed by atoms with Crippen LogP contribution in [-0.4, -0.2) is 27.7 Å². The predicted octanol–water partition coefficient (Wildman–Crippen LogP) is 3.04. The van der Waals surface area contributed by atoms with E-state index in [0.717, 1.165) is 0 Å². The van der Waals surface area contributed by atoms with E-state index in [4.69, 9.17) is 4.43 Å². The Balaban J connectivity index is 2.74. The van der Waals surface area contributed by atoms with Crippen molar-refractivity contribution >= 4 is 15.6 Å². The summed E-state index contributed by atoms with van der Waals surface area (Å²) in [6.07, 6.45) is 2.46. The summed E-state index contributed by atoms with van der Waals surface area (Å²) in [5.74, 6) is 0. The summed E-state index contributed by atoms with van der Waals surface area (Å²) in [4.78, 5) is 3.85.